The minimum absolute atomic E-state index is 0.0587. The first-order chi connectivity index (χ1) is 22.6. The number of aliphatic hydroxyl groups excluding tert-OH is 1. The van der Waals surface area contributed by atoms with Gasteiger partial charge in [0.25, 0.3) is 5.79 Å². The maximum atomic E-state index is 13.8. The molecule has 1 saturated heterocycles. The van der Waals surface area contributed by atoms with Gasteiger partial charge >= 0.3 is 0 Å². The summed E-state index contributed by atoms with van der Waals surface area (Å²) in [7, 11) is 0. The van der Waals surface area contributed by atoms with Crippen LogP contribution < -0.4 is 0 Å². The van der Waals surface area contributed by atoms with Crippen molar-refractivity contribution < 1.29 is 38.3 Å². The van der Waals surface area contributed by atoms with Crippen LogP contribution in [-0.2, 0) is 59.6 Å². The van der Waals surface area contributed by atoms with E-state index >= 15 is 0 Å². The zero-order valence-electron chi connectivity index (χ0n) is 25.4. The lowest BCUT2D eigenvalue weighted by Crippen LogP contribution is -2.71. The van der Waals surface area contributed by atoms with Gasteiger partial charge < -0.3 is 33.5 Å². The van der Waals surface area contributed by atoms with Crippen LogP contribution in [0.4, 0.5) is 0 Å². The summed E-state index contributed by atoms with van der Waals surface area (Å²) in [5, 5.41) is 10.7. The number of rotatable bonds is 13. The summed E-state index contributed by atoms with van der Waals surface area (Å²) in [5.41, 5.74) is 3.76. The summed E-state index contributed by atoms with van der Waals surface area (Å²) in [4.78, 5) is 13.8. The molecule has 6 atom stereocenters. The fraction of sp³-hybridized carbons (Fsp3) is 0.289. The molecule has 2 heterocycles. The Morgan fingerprint density at radius 2 is 1.04 bits per heavy atom. The molecule has 1 N–H and O–H groups in total. The smallest absolute Gasteiger partial charge is 0.265 e. The molecule has 0 aromatic heterocycles. The van der Waals surface area contributed by atoms with Crippen molar-refractivity contribution in [1.29, 1.82) is 0 Å². The van der Waals surface area contributed by atoms with Gasteiger partial charge in [0.15, 0.2) is 6.29 Å². The summed E-state index contributed by atoms with van der Waals surface area (Å²) < 4.78 is 38.5. The number of benzene rings is 4. The van der Waals surface area contributed by atoms with E-state index in [0.717, 1.165) is 22.3 Å². The molecular weight excluding hydrogens is 584 g/mol. The number of ketones is 1. The predicted octanol–water partition coefficient (Wildman–Crippen LogP) is 5.53. The molecule has 1 fully saturated rings. The van der Waals surface area contributed by atoms with E-state index in [2.05, 4.69) is 0 Å². The standard InChI is InChI=1S/C38H38O8/c39-33-21-22-34(40)46-38(33)37(44-26-31-19-11-4-12-20-31)36(43-25-30-17-9-3-10-18-30)35(42-24-29-15-7-2-8-16-29)32(45-38)27-41-23-28-13-5-1-6-14-28/h1-22,32,34-37,40H,23-27H2/t32-,34-,35-,36+,37-,38-/m1/s1. The second-order valence-corrected chi connectivity index (χ2v) is 11.3. The van der Waals surface area contributed by atoms with E-state index in [1.54, 1.807) is 0 Å². The van der Waals surface area contributed by atoms with Crippen LogP contribution >= 0.6 is 0 Å². The third-order valence-corrected chi connectivity index (χ3v) is 7.98. The Labute approximate surface area is 269 Å². The maximum Gasteiger partial charge on any atom is 0.265 e. The highest BCUT2D eigenvalue weighted by molar-refractivity contribution is 5.97. The average molecular weight is 623 g/mol. The number of aliphatic hydroxyl groups is 1. The van der Waals surface area contributed by atoms with Crippen LogP contribution in [0.3, 0.4) is 0 Å². The van der Waals surface area contributed by atoms with E-state index in [9.17, 15) is 9.90 Å². The van der Waals surface area contributed by atoms with Crippen molar-refractivity contribution in [3.63, 3.8) is 0 Å². The Bertz CT molecular complexity index is 1530. The molecule has 2 aliphatic rings. The first-order valence-electron chi connectivity index (χ1n) is 15.5. The first-order valence-corrected chi connectivity index (χ1v) is 15.5. The van der Waals surface area contributed by atoms with Gasteiger partial charge in [0.2, 0.25) is 5.78 Å². The topological polar surface area (TPSA) is 92.7 Å². The molecule has 238 valence electrons. The minimum atomic E-state index is -2.02. The van der Waals surface area contributed by atoms with Crippen LogP contribution in [-0.4, -0.2) is 54.0 Å². The molecule has 2 aliphatic heterocycles. The highest BCUT2D eigenvalue weighted by Crippen LogP contribution is 2.40. The Morgan fingerprint density at radius 3 is 1.57 bits per heavy atom. The first kappa shape index (κ1) is 32.0. The largest absolute Gasteiger partial charge is 0.374 e. The lowest BCUT2D eigenvalue weighted by atomic mass is 9.88. The second-order valence-electron chi connectivity index (χ2n) is 11.3. The summed E-state index contributed by atoms with van der Waals surface area (Å²) in [6.07, 6.45) is -2.40. The quantitative estimate of drug-likeness (QED) is 0.208. The van der Waals surface area contributed by atoms with Crippen LogP contribution in [0, 0.1) is 0 Å². The van der Waals surface area contributed by atoms with E-state index in [4.69, 9.17) is 28.4 Å². The lowest BCUT2D eigenvalue weighted by Gasteiger charge is -2.52. The van der Waals surface area contributed by atoms with Crippen molar-refractivity contribution in [3.05, 3.63) is 156 Å². The molecule has 8 nitrogen and oxygen atoms in total. The van der Waals surface area contributed by atoms with Gasteiger partial charge in [-0.25, -0.2) is 0 Å². The highest BCUT2D eigenvalue weighted by Gasteiger charge is 2.62. The maximum absolute atomic E-state index is 13.8. The van der Waals surface area contributed by atoms with E-state index in [1.165, 1.54) is 12.2 Å². The van der Waals surface area contributed by atoms with Crippen LogP contribution in [0.25, 0.3) is 0 Å². The van der Waals surface area contributed by atoms with Crippen molar-refractivity contribution in [3.8, 4) is 0 Å². The Balaban J connectivity index is 1.36. The molecule has 0 aliphatic carbocycles. The SMILES string of the molecule is O=C1C=C[C@H](O)O[C@]12O[C@H](COCc1ccccc1)[C@@H](OCc1ccccc1)[C@H](OCc1ccccc1)[C@H]2OCc1ccccc1. The van der Waals surface area contributed by atoms with Crippen molar-refractivity contribution >= 4 is 5.78 Å². The molecule has 4 aromatic rings. The van der Waals surface area contributed by atoms with Crippen molar-refractivity contribution in [2.24, 2.45) is 0 Å². The molecule has 0 saturated carbocycles. The normalized spacial score (nSPS) is 25.9. The van der Waals surface area contributed by atoms with Crippen LogP contribution in [0.1, 0.15) is 22.3 Å². The number of ether oxygens (including phenoxy) is 6. The van der Waals surface area contributed by atoms with Crippen LogP contribution in [0.5, 0.6) is 0 Å². The summed E-state index contributed by atoms with van der Waals surface area (Å²) >= 11 is 0. The van der Waals surface area contributed by atoms with E-state index < -0.39 is 42.3 Å². The van der Waals surface area contributed by atoms with Gasteiger partial charge in [-0.3, -0.25) is 4.79 Å². The molecular formula is C38H38O8. The lowest BCUT2D eigenvalue weighted by molar-refractivity contribution is -0.384. The van der Waals surface area contributed by atoms with Gasteiger partial charge in [-0.15, -0.1) is 0 Å². The fourth-order valence-corrected chi connectivity index (χ4v) is 5.69. The molecule has 0 radical (unpaired) electrons. The zero-order valence-corrected chi connectivity index (χ0v) is 25.4. The van der Waals surface area contributed by atoms with Gasteiger partial charge in [-0.2, -0.15) is 0 Å². The molecule has 46 heavy (non-hydrogen) atoms. The van der Waals surface area contributed by atoms with E-state index in [-0.39, 0.29) is 26.4 Å². The van der Waals surface area contributed by atoms with Crippen molar-refractivity contribution in [1.82, 2.24) is 0 Å². The number of hydrogen-bond acceptors (Lipinski definition) is 8. The third-order valence-electron chi connectivity index (χ3n) is 7.98. The third kappa shape index (κ3) is 7.86. The van der Waals surface area contributed by atoms with Gasteiger partial charge in [-0.1, -0.05) is 121 Å². The Morgan fingerprint density at radius 1 is 0.587 bits per heavy atom. The molecule has 4 aromatic carbocycles. The number of carbonyl (C=O) groups is 1. The van der Waals surface area contributed by atoms with Crippen LogP contribution in [0.15, 0.2) is 133 Å². The van der Waals surface area contributed by atoms with Crippen molar-refractivity contribution in [2.75, 3.05) is 6.61 Å². The molecule has 0 unspecified atom stereocenters. The van der Waals surface area contributed by atoms with Crippen LogP contribution in [0.2, 0.25) is 0 Å². The highest BCUT2D eigenvalue weighted by atomic mass is 16.8. The van der Waals surface area contributed by atoms with Gasteiger partial charge in [0, 0.05) is 0 Å². The monoisotopic (exact) mass is 622 g/mol. The van der Waals surface area contributed by atoms with E-state index in [0.29, 0.717) is 6.61 Å². The molecule has 6 rings (SSSR count). The van der Waals surface area contributed by atoms with Gasteiger partial charge in [-0.05, 0) is 34.4 Å². The number of hydrogen-bond donors (Lipinski definition) is 1. The summed E-state index contributed by atoms with van der Waals surface area (Å²) in [5.74, 6) is -2.52. The van der Waals surface area contributed by atoms with E-state index in [1.807, 2.05) is 121 Å². The van der Waals surface area contributed by atoms with Crippen molar-refractivity contribution in [2.45, 2.75) is 62.9 Å². The molecule has 8 heteroatoms. The van der Waals surface area contributed by atoms with Gasteiger partial charge in [0.1, 0.15) is 24.4 Å². The number of carbonyl (C=O) groups excluding carboxylic acids is 1. The summed E-state index contributed by atoms with van der Waals surface area (Å²) in [6.45, 7) is 0.981. The molecule has 0 amide bonds. The predicted molar refractivity (Wildman–Crippen MR) is 170 cm³/mol. The Kier molecular flexibility index (Phi) is 10.8. The average Bonchev–Trinajstić information content (AvgIpc) is 3.10. The second kappa shape index (κ2) is 15.5. The molecule has 0 bridgehead atoms. The fourth-order valence-electron chi connectivity index (χ4n) is 5.69. The zero-order chi connectivity index (χ0) is 31.6. The van der Waals surface area contributed by atoms with Gasteiger partial charge in [0.05, 0.1) is 33.0 Å². The Hall–Kier alpha value is -3.99. The summed E-state index contributed by atoms with van der Waals surface area (Å²) in [6, 6.07) is 38.9. The molecule has 1 spiro atoms. The minimum Gasteiger partial charge on any atom is -0.374 e.